The molecule has 0 atom stereocenters. The third kappa shape index (κ3) is 2.58. The Morgan fingerprint density at radius 3 is 2.48 bits per heavy atom. The number of nitrogens with one attached hydrogen (secondary N) is 1. The molecule has 0 aliphatic carbocycles. The van der Waals surface area contributed by atoms with Crippen molar-refractivity contribution in [2.24, 2.45) is 0 Å². The van der Waals surface area contributed by atoms with E-state index in [0.717, 1.165) is 27.4 Å². The van der Waals surface area contributed by atoms with Gasteiger partial charge in [0, 0.05) is 22.1 Å². The predicted octanol–water partition coefficient (Wildman–Crippen LogP) is 3.36. The highest BCUT2D eigenvalue weighted by Crippen LogP contribution is 2.33. The number of rotatable bonds is 3. The summed E-state index contributed by atoms with van der Waals surface area (Å²) in [4.78, 5) is 4.61. The van der Waals surface area contributed by atoms with E-state index >= 15 is 0 Å². The van der Waals surface area contributed by atoms with E-state index in [9.17, 15) is 5.11 Å². The number of aromatic hydroxyl groups is 1. The lowest BCUT2D eigenvalue weighted by Gasteiger charge is -2.00. The topological polar surface area (TPSA) is 87.6 Å². The largest absolute Gasteiger partial charge is 0.507 e. The second-order valence-corrected chi connectivity index (χ2v) is 5.73. The molecule has 6 nitrogen and oxygen atoms in total. The summed E-state index contributed by atoms with van der Waals surface area (Å²) in [7, 11) is 0. The summed E-state index contributed by atoms with van der Waals surface area (Å²) in [5.74, 6) is 0.794. The quantitative estimate of drug-likeness (QED) is 0.604. The van der Waals surface area contributed by atoms with Crippen molar-refractivity contribution in [1.82, 2.24) is 25.6 Å². The molecule has 0 amide bonds. The first-order valence-electron chi connectivity index (χ1n) is 6.89. The Morgan fingerprint density at radius 1 is 0.957 bits per heavy atom. The highest BCUT2D eigenvalue weighted by atomic mass is 32.1. The fourth-order valence-corrected chi connectivity index (χ4v) is 3.09. The average Bonchev–Trinajstić information content (AvgIpc) is 3.27. The normalized spacial score (nSPS) is 10.8. The maximum absolute atomic E-state index is 9.93. The van der Waals surface area contributed by atoms with E-state index in [1.165, 1.54) is 11.3 Å². The van der Waals surface area contributed by atoms with Crippen LogP contribution in [0.5, 0.6) is 5.75 Å². The lowest BCUT2D eigenvalue weighted by molar-refractivity contribution is 0.477. The van der Waals surface area contributed by atoms with Crippen LogP contribution in [0.1, 0.15) is 0 Å². The minimum atomic E-state index is 0.233. The summed E-state index contributed by atoms with van der Waals surface area (Å²) in [5, 5.41) is 26.7. The number of phenols is 1. The molecule has 0 spiro atoms. The van der Waals surface area contributed by atoms with Crippen molar-refractivity contribution in [2.45, 2.75) is 0 Å². The number of phenolic OH excluding ortho intramolecular Hbond substituents is 1. The third-order valence-electron chi connectivity index (χ3n) is 3.42. The van der Waals surface area contributed by atoms with Crippen molar-refractivity contribution >= 4 is 11.3 Å². The smallest absolute Gasteiger partial charge is 0.204 e. The van der Waals surface area contributed by atoms with E-state index in [-0.39, 0.29) is 5.75 Å². The van der Waals surface area contributed by atoms with Crippen molar-refractivity contribution in [3.63, 3.8) is 0 Å². The van der Waals surface area contributed by atoms with E-state index in [0.29, 0.717) is 5.82 Å². The van der Waals surface area contributed by atoms with Gasteiger partial charge in [-0.25, -0.2) is 4.98 Å². The lowest BCUT2D eigenvalue weighted by Crippen LogP contribution is -1.83. The predicted molar refractivity (Wildman–Crippen MR) is 87.8 cm³/mol. The molecule has 0 bridgehead atoms. The van der Waals surface area contributed by atoms with E-state index in [1.807, 2.05) is 41.8 Å². The summed E-state index contributed by atoms with van der Waals surface area (Å²) < 4.78 is 0. The van der Waals surface area contributed by atoms with Gasteiger partial charge < -0.3 is 5.11 Å². The Bertz CT molecular complexity index is 931. The third-order valence-corrected chi connectivity index (χ3v) is 4.31. The Labute approximate surface area is 135 Å². The van der Waals surface area contributed by atoms with Gasteiger partial charge in [0.1, 0.15) is 10.8 Å². The van der Waals surface area contributed by atoms with Gasteiger partial charge >= 0.3 is 0 Å². The van der Waals surface area contributed by atoms with Gasteiger partial charge in [-0.3, -0.25) is 0 Å². The highest BCUT2D eigenvalue weighted by Gasteiger charge is 2.10. The molecule has 2 heterocycles. The van der Waals surface area contributed by atoms with Crippen molar-refractivity contribution in [3.05, 3.63) is 53.9 Å². The lowest BCUT2D eigenvalue weighted by atomic mass is 10.1. The zero-order valence-electron chi connectivity index (χ0n) is 11.8. The van der Waals surface area contributed by atoms with E-state index < -0.39 is 0 Å². The number of hydrogen-bond donors (Lipinski definition) is 2. The number of tetrazole rings is 1. The molecule has 2 aromatic heterocycles. The zero-order chi connectivity index (χ0) is 15.6. The maximum Gasteiger partial charge on any atom is 0.204 e. The molecular formula is C16H11N5OS. The van der Waals surface area contributed by atoms with Crippen LogP contribution in [0.3, 0.4) is 0 Å². The average molecular weight is 321 g/mol. The van der Waals surface area contributed by atoms with Crippen LogP contribution in [-0.2, 0) is 0 Å². The molecular weight excluding hydrogens is 310 g/mol. The molecule has 112 valence electrons. The van der Waals surface area contributed by atoms with Gasteiger partial charge in [0.2, 0.25) is 5.82 Å². The fraction of sp³-hybridized carbons (Fsp3) is 0. The first-order valence-corrected chi connectivity index (χ1v) is 7.77. The van der Waals surface area contributed by atoms with Gasteiger partial charge in [0.15, 0.2) is 0 Å². The van der Waals surface area contributed by atoms with Crippen LogP contribution in [0, 0.1) is 0 Å². The number of aromatic amines is 1. The monoisotopic (exact) mass is 321 g/mol. The van der Waals surface area contributed by atoms with Crippen molar-refractivity contribution < 1.29 is 5.11 Å². The molecule has 4 rings (SSSR count). The summed E-state index contributed by atoms with van der Waals surface area (Å²) in [6.45, 7) is 0. The Hall–Kier alpha value is -3.06. The first-order chi connectivity index (χ1) is 11.3. The summed E-state index contributed by atoms with van der Waals surface area (Å²) >= 11 is 1.54. The minimum absolute atomic E-state index is 0.233. The number of aromatic nitrogens is 5. The van der Waals surface area contributed by atoms with Crippen LogP contribution in [0.25, 0.3) is 33.2 Å². The van der Waals surface area contributed by atoms with E-state index in [2.05, 4.69) is 25.6 Å². The molecule has 0 radical (unpaired) electrons. The van der Waals surface area contributed by atoms with Crippen LogP contribution in [0.15, 0.2) is 53.9 Å². The minimum Gasteiger partial charge on any atom is -0.507 e. The van der Waals surface area contributed by atoms with Gasteiger partial charge in [-0.05, 0) is 17.3 Å². The molecule has 7 heteroatoms. The van der Waals surface area contributed by atoms with E-state index in [1.54, 1.807) is 12.1 Å². The van der Waals surface area contributed by atoms with Gasteiger partial charge in [-0.2, -0.15) is 5.21 Å². The Balaban J connectivity index is 1.66. The molecule has 0 aliphatic heterocycles. The molecule has 23 heavy (non-hydrogen) atoms. The fourth-order valence-electron chi connectivity index (χ4n) is 2.27. The SMILES string of the molecule is Oc1ccccc1-c1csc(-c2ccc(-c3nn[nH]n3)cc2)n1. The summed E-state index contributed by atoms with van der Waals surface area (Å²) in [6.07, 6.45) is 0. The van der Waals surface area contributed by atoms with Crippen LogP contribution < -0.4 is 0 Å². The van der Waals surface area contributed by atoms with Crippen LogP contribution in [0.4, 0.5) is 0 Å². The Kier molecular flexibility index (Phi) is 3.32. The number of thiazole rings is 1. The van der Waals surface area contributed by atoms with E-state index in [4.69, 9.17) is 0 Å². The first kappa shape index (κ1) is 13.6. The molecule has 0 saturated heterocycles. The van der Waals surface area contributed by atoms with Crippen molar-refractivity contribution in [2.75, 3.05) is 0 Å². The summed E-state index contributed by atoms with van der Waals surface area (Å²) in [5.41, 5.74) is 3.40. The van der Waals surface area contributed by atoms with Gasteiger partial charge in [-0.1, -0.05) is 36.4 Å². The van der Waals surface area contributed by atoms with Gasteiger partial charge in [-0.15, -0.1) is 21.5 Å². The highest BCUT2D eigenvalue weighted by molar-refractivity contribution is 7.13. The second kappa shape index (κ2) is 5.62. The zero-order valence-corrected chi connectivity index (χ0v) is 12.7. The number of H-pyrrole nitrogens is 1. The van der Waals surface area contributed by atoms with Crippen molar-refractivity contribution in [3.8, 4) is 39.0 Å². The van der Waals surface area contributed by atoms with Gasteiger partial charge in [0.25, 0.3) is 0 Å². The molecule has 2 N–H and O–H groups in total. The Morgan fingerprint density at radius 2 is 1.74 bits per heavy atom. The standard InChI is InChI=1S/C16H11N5OS/c22-14-4-2-1-3-12(14)13-9-23-16(17-13)11-7-5-10(6-8-11)15-18-20-21-19-15/h1-9,22H,(H,18,19,20,21). The van der Waals surface area contributed by atoms with Crippen LogP contribution >= 0.6 is 11.3 Å². The molecule has 0 saturated carbocycles. The maximum atomic E-state index is 9.93. The number of para-hydroxylation sites is 1. The van der Waals surface area contributed by atoms with Gasteiger partial charge in [0.05, 0.1) is 5.69 Å². The number of hydrogen-bond acceptors (Lipinski definition) is 6. The van der Waals surface area contributed by atoms with Crippen LogP contribution in [0.2, 0.25) is 0 Å². The molecule has 4 aromatic rings. The second-order valence-electron chi connectivity index (χ2n) is 4.87. The van der Waals surface area contributed by atoms with Crippen LogP contribution in [-0.4, -0.2) is 30.7 Å². The molecule has 2 aromatic carbocycles. The molecule has 0 fully saturated rings. The molecule has 0 aliphatic rings. The summed E-state index contributed by atoms with van der Waals surface area (Å²) in [6, 6.07) is 15.0. The van der Waals surface area contributed by atoms with Crippen molar-refractivity contribution in [1.29, 1.82) is 0 Å². The number of nitrogens with zero attached hydrogens (tertiary/aromatic N) is 4. The number of benzene rings is 2. The molecule has 0 unspecified atom stereocenters.